The van der Waals surface area contributed by atoms with Crippen LogP contribution in [-0.2, 0) is 13.0 Å². The van der Waals surface area contributed by atoms with E-state index in [0.29, 0.717) is 11.6 Å². The van der Waals surface area contributed by atoms with Crippen molar-refractivity contribution >= 4 is 5.91 Å². The Morgan fingerprint density at radius 1 is 1.35 bits per heavy atom. The van der Waals surface area contributed by atoms with Crippen molar-refractivity contribution in [3.63, 3.8) is 0 Å². The van der Waals surface area contributed by atoms with Gasteiger partial charge in [-0.25, -0.2) is 4.98 Å². The number of carbonyl (C=O) groups is 1. The van der Waals surface area contributed by atoms with Gasteiger partial charge in [0, 0.05) is 32.3 Å². The van der Waals surface area contributed by atoms with E-state index >= 15 is 0 Å². The van der Waals surface area contributed by atoms with Crippen LogP contribution in [0.5, 0.6) is 0 Å². The molecule has 0 radical (unpaired) electrons. The zero-order valence-corrected chi connectivity index (χ0v) is 12.6. The van der Waals surface area contributed by atoms with E-state index in [9.17, 15) is 4.79 Å². The number of hydrogen-bond donors (Lipinski definition) is 0. The van der Waals surface area contributed by atoms with E-state index in [2.05, 4.69) is 23.4 Å². The molecule has 1 aromatic rings. The lowest BCUT2D eigenvalue weighted by atomic mass is 9.94. The molecule has 0 unspecified atom stereocenters. The molecule has 1 aromatic heterocycles. The van der Waals surface area contributed by atoms with E-state index in [4.69, 9.17) is 0 Å². The Hall–Kier alpha value is -1.32. The van der Waals surface area contributed by atoms with Crippen LogP contribution in [0.25, 0.3) is 0 Å². The van der Waals surface area contributed by atoms with Crippen molar-refractivity contribution in [2.45, 2.75) is 52.5 Å². The maximum atomic E-state index is 12.5. The summed E-state index contributed by atoms with van der Waals surface area (Å²) in [5, 5.41) is 0. The number of likely N-dealkylation sites (tertiary alicyclic amines) is 1. The Balaban J connectivity index is 1.69. The molecule has 0 aromatic carbocycles. The molecule has 20 heavy (non-hydrogen) atoms. The van der Waals surface area contributed by atoms with Gasteiger partial charge in [0.2, 0.25) is 0 Å². The van der Waals surface area contributed by atoms with Gasteiger partial charge >= 0.3 is 0 Å². The molecule has 1 atom stereocenters. The summed E-state index contributed by atoms with van der Waals surface area (Å²) in [5.74, 6) is 2.72. The zero-order chi connectivity index (χ0) is 14.1. The number of piperidine rings is 1. The third kappa shape index (κ3) is 2.60. The molecule has 1 fully saturated rings. The molecular formula is C16H25N3O. The SMILES string of the molecule is CCC1CCN(C(=O)c2cn3c(n2)CC[C@H](C)C3)CC1. The number of aromatic nitrogens is 2. The summed E-state index contributed by atoms with van der Waals surface area (Å²) < 4.78 is 2.18. The molecule has 2 aliphatic heterocycles. The van der Waals surface area contributed by atoms with Crippen LogP contribution in [0, 0.1) is 11.8 Å². The summed E-state index contributed by atoms with van der Waals surface area (Å²) in [6.45, 7) is 7.31. The topological polar surface area (TPSA) is 38.1 Å². The minimum Gasteiger partial charge on any atom is -0.337 e. The largest absolute Gasteiger partial charge is 0.337 e. The van der Waals surface area contributed by atoms with Crippen LogP contribution in [0.15, 0.2) is 6.20 Å². The fourth-order valence-electron chi connectivity index (χ4n) is 3.42. The molecule has 0 bridgehead atoms. The monoisotopic (exact) mass is 275 g/mol. The van der Waals surface area contributed by atoms with Gasteiger partial charge in [-0.1, -0.05) is 20.3 Å². The highest BCUT2D eigenvalue weighted by atomic mass is 16.2. The number of imidazole rings is 1. The van der Waals surface area contributed by atoms with Gasteiger partial charge in [0.05, 0.1) is 0 Å². The highest BCUT2D eigenvalue weighted by molar-refractivity contribution is 5.92. The molecule has 3 rings (SSSR count). The molecule has 4 nitrogen and oxygen atoms in total. The molecule has 0 spiro atoms. The molecule has 110 valence electrons. The predicted octanol–water partition coefficient (Wildman–Crippen LogP) is 2.73. The molecular weight excluding hydrogens is 250 g/mol. The second kappa shape index (κ2) is 5.58. The van der Waals surface area contributed by atoms with E-state index in [-0.39, 0.29) is 5.91 Å². The van der Waals surface area contributed by atoms with Gasteiger partial charge in [-0.15, -0.1) is 0 Å². The summed E-state index contributed by atoms with van der Waals surface area (Å²) in [4.78, 5) is 19.1. The summed E-state index contributed by atoms with van der Waals surface area (Å²) in [5.41, 5.74) is 0.657. The minimum atomic E-state index is 0.133. The average Bonchev–Trinajstić information content (AvgIpc) is 2.89. The standard InChI is InChI=1S/C16H25N3O/c1-3-13-6-8-18(9-7-13)16(20)14-11-19-10-12(2)4-5-15(19)17-14/h11-13H,3-10H2,1-2H3/t12-/m0/s1. The van der Waals surface area contributed by atoms with Crippen LogP contribution in [0.1, 0.15) is 55.8 Å². The van der Waals surface area contributed by atoms with E-state index in [1.807, 2.05) is 11.1 Å². The first-order chi connectivity index (χ1) is 9.67. The third-order valence-electron chi connectivity index (χ3n) is 4.93. The first-order valence-corrected chi connectivity index (χ1v) is 8.02. The van der Waals surface area contributed by atoms with Crippen LogP contribution < -0.4 is 0 Å². The first-order valence-electron chi connectivity index (χ1n) is 8.02. The smallest absolute Gasteiger partial charge is 0.274 e. The van der Waals surface area contributed by atoms with Crippen molar-refractivity contribution in [2.75, 3.05) is 13.1 Å². The summed E-state index contributed by atoms with van der Waals surface area (Å²) in [6, 6.07) is 0. The number of aryl methyl sites for hydroxylation is 1. The summed E-state index contributed by atoms with van der Waals surface area (Å²) >= 11 is 0. The second-order valence-electron chi connectivity index (χ2n) is 6.48. The molecule has 4 heteroatoms. The zero-order valence-electron chi connectivity index (χ0n) is 12.6. The van der Waals surface area contributed by atoms with Gasteiger partial charge < -0.3 is 9.47 Å². The molecule has 0 saturated carbocycles. The third-order valence-corrected chi connectivity index (χ3v) is 4.93. The molecule has 0 N–H and O–H groups in total. The lowest BCUT2D eigenvalue weighted by Gasteiger charge is -2.31. The van der Waals surface area contributed by atoms with Gasteiger partial charge in [-0.05, 0) is 31.1 Å². The number of nitrogens with zero attached hydrogens (tertiary/aromatic N) is 3. The van der Waals surface area contributed by atoms with Crippen molar-refractivity contribution < 1.29 is 4.79 Å². The van der Waals surface area contributed by atoms with Gasteiger partial charge in [-0.3, -0.25) is 4.79 Å². The van der Waals surface area contributed by atoms with E-state index in [0.717, 1.165) is 50.6 Å². The second-order valence-corrected chi connectivity index (χ2v) is 6.48. The highest BCUT2D eigenvalue weighted by Gasteiger charge is 2.26. The fourth-order valence-corrected chi connectivity index (χ4v) is 3.42. The number of fused-ring (bicyclic) bond motifs is 1. The number of amides is 1. The lowest BCUT2D eigenvalue weighted by molar-refractivity contribution is 0.0683. The Morgan fingerprint density at radius 2 is 2.10 bits per heavy atom. The molecule has 1 amide bonds. The number of carbonyl (C=O) groups excluding carboxylic acids is 1. The fraction of sp³-hybridized carbons (Fsp3) is 0.750. The first kappa shape index (κ1) is 13.7. The Bertz CT molecular complexity index is 486. The lowest BCUT2D eigenvalue weighted by Crippen LogP contribution is -2.38. The summed E-state index contributed by atoms with van der Waals surface area (Å²) in [7, 11) is 0. The average molecular weight is 275 g/mol. The Kier molecular flexibility index (Phi) is 3.81. The van der Waals surface area contributed by atoms with E-state index < -0.39 is 0 Å². The van der Waals surface area contributed by atoms with E-state index in [1.165, 1.54) is 12.8 Å². The van der Waals surface area contributed by atoms with Crippen LogP contribution in [0.3, 0.4) is 0 Å². The molecule has 2 aliphatic rings. The molecule has 0 aliphatic carbocycles. The molecule has 3 heterocycles. The van der Waals surface area contributed by atoms with E-state index in [1.54, 1.807) is 0 Å². The van der Waals surface area contributed by atoms with Crippen LogP contribution in [-0.4, -0.2) is 33.4 Å². The van der Waals surface area contributed by atoms with Gasteiger partial charge in [0.25, 0.3) is 5.91 Å². The van der Waals surface area contributed by atoms with Crippen molar-refractivity contribution in [3.05, 3.63) is 17.7 Å². The maximum absolute atomic E-state index is 12.5. The minimum absolute atomic E-state index is 0.133. The van der Waals surface area contributed by atoms with Gasteiger partial charge in [-0.2, -0.15) is 0 Å². The van der Waals surface area contributed by atoms with Crippen LogP contribution in [0.4, 0.5) is 0 Å². The Labute approximate surface area is 121 Å². The van der Waals surface area contributed by atoms with Gasteiger partial charge in [0.1, 0.15) is 11.5 Å². The van der Waals surface area contributed by atoms with Crippen LogP contribution in [0.2, 0.25) is 0 Å². The predicted molar refractivity (Wildman–Crippen MR) is 78.6 cm³/mol. The number of hydrogen-bond acceptors (Lipinski definition) is 2. The quantitative estimate of drug-likeness (QED) is 0.832. The van der Waals surface area contributed by atoms with Crippen molar-refractivity contribution in [2.24, 2.45) is 11.8 Å². The number of rotatable bonds is 2. The molecule has 1 saturated heterocycles. The van der Waals surface area contributed by atoms with Crippen LogP contribution >= 0.6 is 0 Å². The van der Waals surface area contributed by atoms with Crippen molar-refractivity contribution in [1.29, 1.82) is 0 Å². The Morgan fingerprint density at radius 3 is 2.80 bits per heavy atom. The normalized spacial score (nSPS) is 23.7. The van der Waals surface area contributed by atoms with Gasteiger partial charge in [0.15, 0.2) is 0 Å². The highest BCUT2D eigenvalue weighted by Crippen LogP contribution is 2.23. The van der Waals surface area contributed by atoms with Crippen molar-refractivity contribution in [3.8, 4) is 0 Å². The van der Waals surface area contributed by atoms with Crippen molar-refractivity contribution in [1.82, 2.24) is 14.5 Å². The maximum Gasteiger partial charge on any atom is 0.274 e. The summed E-state index contributed by atoms with van der Waals surface area (Å²) in [6.07, 6.45) is 7.69.